The zero-order valence-corrected chi connectivity index (χ0v) is 10.5. The Kier molecular flexibility index (Phi) is 3.12. The number of pyridine rings is 1. The van der Waals surface area contributed by atoms with E-state index in [4.69, 9.17) is 9.47 Å². The number of carbonyl (C=O) groups is 1. The fraction of sp³-hybridized carbons (Fsp3) is 0.143. The number of benzene rings is 1. The van der Waals surface area contributed by atoms with E-state index in [0.29, 0.717) is 28.3 Å². The monoisotopic (exact) mass is 272 g/mol. The molecule has 6 heteroatoms. The van der Waals surface area contributed by atoms with Gasteiger partial charge in [0.05, 0.1) is 5.56 Å². The van der Waals surface area contributed by atoms with Crippen molar-refractivity contribution in [2.45, 2.75) is 6.54 Å². The minimum absolute atomic E-state index is 0.227. The highest BCUT2D eigenvalue weighted by molar-refractivity contribution is 5.93. The first-order valence-corrected chi connectivity index (χ1v) is 6.08. The molecule has 1 N–H and O–H groups in total. The summed E-state index contributed by atoms with van der Waals surface area (Å²) in [5.74, 6) is 1.16. The van der Waals surface area contributed by atoms with Crippen LogP contribution in [0.25, 0.3) is 0 Å². The molecule has 0 saturated heterocycles. The predicted octanol–water partition coefficient (Wildman–Crippen LogP) is 0.979. The summed E-state index contributed by atoms with van der Waals surface area (Å²) in [6, 6.07) is 8.46. The Hall–Kier alpha value is -2.76. The first-order chi connectivity index (χ1) is 9.72. The lowest BCUT2D eigenvalue weighted by Crippen LogP contribution is -2.27. The zero-order valence-electron chi connectivity index (χ0n) is 10.5. The molecule has 0 radical (unpaired) electrons. The molecule has 0 spiro atoms. The van der Waals surface area contributed by atoms with Gasteiger partial charge in [0, 0.05) is 18.7 Å². The number of hydrogen-bond donors (Lipinski definition) is 1. The molecule has 0 saturated carbocycles. The summed E-state index contributed by atoms with van der Waals surface area (Å²) >= 11 is 0. The van der Waals surface area contributed by atoms with Crippen LogP contribution in [-0.2, 0) is 6.54 Å². The van der Waals surface area contributed by atoms with Gasteiger partial charge in [-0.1, -0.05) is 6.07 Å². The molecule has 0 unspecified atom stereocenters. The third kappa shape index (κ3) is 2.49. The minimum Gasteiger partial charge on any atom is -0.619 e. The fourth-order valence-electron chi connectivity index (χ4n) is 1.90. The first kappa shape index (κ1) is 12.3. The van der Waals surface area contributed by atoms with Crippen LogP contribution in [0.5, 0.6) is 11.5 Å². The molecule has 0 atom stereocenters. The molecule has 0 aliphatic carbocycles. The number of carbonyl (C=O) groups excluding carboxylic acids is 1. The van der Waals surface area contributed by atoms with Crippen molar-refractivity contribution in [3.8, 4) is 11.5 Å². The average molecular weight is 272 g/mol. The molecule has 3 rings (SSSR count). The van der Waals surface area contributed by atoms with Crippen molar-refractivity contribution in [3.05, 3.63) is 59.1 Å². The normalized spacial score (nSPS) is 12.2. The van der Waals surface area contributed by atoms with Crippen molar-refractivity contribution in [3.63, 3.8) is 0 Å². The van der Waals surface area contributed by atoms with Gasteiger partial charge >= 0.3 is 0 Å². The van der Waals surface area contributed by atoms with Gasteiger partial charge in [0.1, 0.15) is 0 Å². The van der Waals surface area contributed by atoms with Gasteiger partial charge in [-0.3, -0.25) is 4.79 Å². The van der Waals surface area contributed by atoms with Gasteiger partial charge < -0.3 is 20.0 Å². The van der Waals surface area contributed by atoms with Gasteiger partial charge in [-0.25, -0.2) is 0 Å². The number of nitrogens with one attached hydrogen (secondary N) is 1. The van der Waals surface area contributed by atoms with Crippen LogP contribution in [0.3, 0.4) is 0 Å². The maximum Gasteiger partial charge on any atom is 0.252 e. The smallest absolute Gasteiger partial charge is 0.252 e. The molecule has 1 aliphatic heterocycles. The fourth-order valence-corrected chi connectivity index (χ4v) is 1.90. The van der Waals surface area contributed by atoms with Crippen LogP contribution >= 0.6 is 0 Å². The van der Waals surface area contributed by atoms with Crippen molar-refractivity contribution in [2.24, 2.45) is 0 Å². The highest BCUT2D eigenvalue weighted by atomic mass is 16.7. The van der Waals surface area contributed by atoms with Gasteiger partial charge in [-0.15, -0.1) is 0 Å². The molecule has 0 fully saturated rings. The summed E-state index contributed by atoms with van der Waals surface area (Å²) in [4.78, 5) is 11.9. The maximum absolute atomic E-state index is 11.9. The molecule has 1 aliphatic rings. The first-order valence-electron chi connectivity index (χ1n) is 6.08. The van der Waals surface area contributed by atoms with Crippen molar-refractivity contribution in [1.29, 1.82) is 0 Å². The number of aromatic nitrogens is 1. The van der Waals surface area contributed by atoms with Crippen LogP contribution in [0.1, 0.15) is 15.9 Å². The maximum atomic E-state index is 11.9. The summed E-state index contributed by atoms with van der Waals surface area (Å²) in [6.45, 7) is 0.603. The van der Waals surface area contributed by atoms with Crippen molar-refractivity contribution in [2.75, 3.05) is 6.79 Å². The van der Waals surface area contributed by atoms with Gasteiger partial charge in [-0.2, -0.15) is 4.73 Å². The second-order valence-corrected chi connectivity index (χ2v) is 4.32. The summed E-state index contributed by atoms with van der Waals surface area (Å²) in [5, 5.41) is 13.7. The number of fused-ring (bicyclic) bond motifs is 1. The van der Waals surface area contributed by atoms with E-state index >= 15 is 0 Å². The second-order valence-electron chi connectivity index (χ2n) is 4.32. The molecule has 2 aromatic rings. The molecule has 0 bridgehead atoms. The number of amides is 1. The lowest BCUT2D eigenvalue weighted by Gasteiger charge is -2.06. The summed E-state index contributed by atoms with van der Waals surface area (Å²) in [7, 11) is 0. The van der Waals surface area contributed by atoms with Gasteiger partial charge in [0.15, 0.2) is 23.9 Å². The molecule has 102 valence electrons. The molecule has 1 aromatic carbocycles. The Bertz CT molecular complexity index is 640. The third-order valence-electron chi connectivity index (χ3n) is 2.95. The van der Waals surface area contributed by atoms with Gasteiger partial charge in [-0.05, 0) is 17.7 Å². The van der Waals surface area contributed by atoms with E-state index in [1.807, 2.05) is 18.2 Å². The SMILES string of the molecule is O=C(NCc1ccc2c(c1)OCO2)c1cc[n+]([O-])cc1. The Morgan fingerprint density at radius 3 is 2.75 bits per heavy atom. The van der Waals surface area contributed by atoms with Gasteiger partial charge in [0.25, 0.3) is 5.91 Å². The molecular weight excluding hydrogens is 260 g/mol. The average Bonchev–Trinajstić information content (AvgIpc) is 2.93. The van der Waals surface area contributed by atoms with Crippen LogP contribution in [0.4, 0.5) is 0 Å². The Balaban J connectivity index is 1.64. The summed E-state index contributed by atoms with van der Waals surface area (Å²) in [5.41, 5.74) is 1.36. The van der Waals surface area contributed by atoms with E-state index in [2.05, 4.69) is 5.32 Å². The van der Waals surface area contributed by atoms with Crippen LogP contribution in [0.2, 0.25) is 0 Å². The predicted molar refractivity (Wildman–Crippen MR) is 69.1 cm³/mol. The standard InChI is InChI=1S/C14H12N2O4/c17-14(11-3-5-16(18)6-4-11)15-8-10-1-2-12-13(7-10)20-9-19-12/h1-7H,8-9H2,(H,15,17). The largest absolute Gasteiger partial charge is 0.619 e. The Labute approximate surface area is 115 Å². The van der Waals surface area contributed by atoms with E-state index in [9.17, 15) is 10.0 Å². The number of rotatable bonds is 3. The number of hydrogen-bond acceptors (Lipinski definition) is 4. The van der Waals surface area contributed by atoms with Crippen molar-refractivity contribution >= 4 is 5.91 Å². The van der Waals surface area contributed by atoms with E-state index in [1.165, 1.54) is 24.5 Å². The van der Waals surface area contributed by atoms with Crippen molar-refractivity contribution in [1.82, 2.24) is 5.32 Å². The molecule has 20 heavy (non-hydrogen) atoms. The lowest BCUT2D eigenvalue weighted by atomic mass is 10.2. The quantitative estimate of drug-likeness (QED) is 0.667. The summed E-state index contributed by atoms with van der Waals surface area (Å²) in [6.07, 6.45) is 2.57. The van der Waals surface area contributed by atoms with E-state index in [-0.39, 0.29) is 12.7 Å². The lowest BCUT2D eigenvalue weighted by molar-refractivity contribution is -0.605. The highest BCUT2D eigenvalue weighted by Gasteiger charge is 2.13. The number of nitrogens with zero attached hydrogens (tertiary/aromatic N) is 1. The minimum atomic E-state index is -0.233. The van der Waals surface area contributed by atoms with Crippen LogP contribution < -0.4 is 19.5 Å². The number of ether oxygens (including phenoxy) is 2. The Morgan fingerprint density at radius 1 is 1.20 bits per heavy atom. The van der Waals surface area contributed by atoms with Gasteiger partial charge in [0.2, 0.25) is 6.79 Å². The molecular formula is C14H12N2O4. The van der Waals surface area contributed by atoms with E-state index in [0.717, 1.165) is 5.56 Å². The topological polar surface area (TPSA) is 74.5 Å². The molecule has 6 nitrogen and oxygen atoms in total. The molecule has 1 amide bonds. The van der Waals surface area contributed by atoms with Crippen LogP contribution in [0.15, 0.2) is 42.7 Å². The third-order valence-corrected chi connectivity index (χ3v) is 2.95. The molecule has 2 heterocycles. The Morgan fingerprint density at radius 2 is 1.95 bits per heavy atom. The van der Waals surface area contributed by atoms with Crippen LogP contribution in [-0.4, -0.2) is 12.7 Å². The van der Waals surface area contributed by atoms with E-state index in [1.54, 1.807) is 0 Å². The highest BCUT2D eigenvalue weighted by Crippen LogP contribution is 2.32. The van der Waals surface area contributed by atoms with Crippen molar-refractivity contribution < 1.29 is 19.0 Å². The van der Waals surface area contributed by atoms with Crippen LogP contribution in [0, 0.1) is 5.21 Å². The van der Waals surface area contributed by atoms with E-state index < -0.39 is 0 Å². The zero-order chi connectivity index (χ0) is 13.9. The second kappa shape index (κ2) is 5.08. The summed E-state index contributed by atoms with van der Waals surface area (Å²) < 4.78 is 11.1. The molecule has 1 aromatic heterocycles.